The Morgan fingerprint density at radius 3 is 2.50 bits per heavy atom. The van der Waals surface area contributed by atoms with E-state index in [1.54, 1.807) is 11.8 Å². The Kier molecular flexibility index (Phi) is 6.49. The maximum absolute atomic E-state index is 11.5. The van der Waals surface area contributed by atoms with Gasteiger partial charge < -0.3 is 20.3 Å². The summed E-state index contributed by atoms with van der Waals surface area (Å²) in [6.45, 7) is 6.59. The molecule has 1 saturated heterocycles. The van der Waals surface area contributed by atoms with Gasteiger partial charge >= 0.3 is 6.09 Å². The molecular formula is C12H23N3O3. The van der Waals surface area contributed by atoms with Crippen molar-refractivity contribution < 1.29 is 14.3 Å². The van der Waals surface area contributed by atoms with E-state index in [2.05, 4.69) is 10.6 Å². The van der Waals surface area contributed by atoms with Crippen molar-refractivity contribution >= 4 is 12.0 Å². The number of nitrogens with zero attached hydrogens (tertiary/aromatic N) is 1. The molecule has 0 radical (unpaired) electrons. The van der Waals surface area contributed by atoms with Crippen LogP contribution in [-0.4, -0.2) is 55.7 Å². The summed E-state index contributed by atoms with van der Waals surface area (Å²) >= 11 is 0. The Bertz CT molecular complexity index is 276. The molecule has 2 N–H and O–H groups in total. The second-order valence-electron chi connectivity index (χ2n) is 4.31. The van der Waals surface area contributed by atoms with E-state index in [1.165, 1.54) is 0 Å². The highest BCUT2D eigenvalue weighted by Gasteiger charge is 2.24. The molecule has 0 bridgehead atoms. The summed E-state index contributed by atoms with van der Waals surface area (Å²) in [5.74, 6) is 0.0198. The molecule has 0 aromatic carbocycles. The number of piperidine rings is 1. The maximum Gasteiger partial charge on any atom is 0.409 e. The van der Waals surface area contributed by atoms with Crippen LogP contribution in [-0.2, 0) is 9.53 Å². The highest BCUT2D eigenvalue weighted by atomic mass is 16.6. The summed E-state index contributed by atoms with van der Waals surface area (Å²) in [6.07, 6.45) is 1.32. The van der Waals surface area contributed by atoms with Crippen LogP contribution in [0.4, 0.5) is 4.79 Å². The first-order valence-corrected chi connectivity index (χ1v) is 6.59. The number of likely N-dealkylation sites (N-methyl/N-ethyl adjacent to an activating group) is 1. The average Bonchev–Trinajstić information content (AvgIpc) is 2.37. The van der Waals surface area contributed by atoms with E-state index in [-0.39, 0.29) is 18.0 Å². The molecule has 1 rings (SSSR count). The van der Waals surface area contributed by atoms with Crippen LogP contribution in [0.2, 0.25) is 0 Å². The van der Waals surface area contributed by atoms with E-state index >= 15 is 0 Å². The molecule has 6 heteroatoms. The van der Waals surface area contributed by atoms with Gasteiger partial charge in [-0.05, 0) is 26.3 Å². The van der Waals surface area contributed by atoms with E-state index in [4.69, 9.17) is 4.74 Å². The molecule has 0 spiro atoms. The van der Waals surface area contributed by atoms with Gasteiger partial charge in [-0.25, -0.2) is 4.79 Å². The van der Waals surface area contributed by atoms with Crippen molar-refractivity contribution in [3.05, 3.63) is 0 Å². The summed E-state index contributed by atoms with van der Waals surface area (Å²) in [4.78, 5) is 24.7. The molecule has 104 valence electrons. The normalized spacial score (nSPS) is 16.4. The molecule has 1 heterocycles. The molecule has 0 atom stereocenters. The van der Waals surface area contributed by atoms with Gasteiger partial charge in [0.2, 0.25) is 5.91 Å². The average molecular weight is 257 g/mol. The molecule has 0 aromatic heterocycles. The zero-order chi connectivity index (χ0) is 13.4. The number of ether oxygens (including phenoxy) is 1. The Morgan fingerprint density at radius 2 is 1.94 bits per heavy atom. The largest absolute Gasteiger partial charge is 0.450 e. The zero-order valence-electron chi connectivity index (χ0n) is 11.2. The number of likely N-dealkylation sites (tertiary alicyclic amines) is 1. The second-order valence-corrected chi connectivity index (χ2v) is 4.31. The molecule has 18 heavy (non-hydrogen) atoms. The molecule has 0 aliphatic carbocycles. The fourth-order valence-electron chi connectivity index (χ4n) is 1.94. The van der Waals surface area contributed by atoms with Crippen molar-refractivity contribution in [2.24, 2.45) is 0 Å². The van der Waals surface area contributed by atoms with Crippen molar-refractivity contribution in [3.8, 4) is 0 Å². The summed E-state index contributed by atoms with van der Waals surface area (Å²) in [6, 6.07) is 0.168. The lowest BCUT2D eigenvalue weighted by Crippen LogP contribution is -2.48. The monoisotopic (exact) mass is 257 g/mol. The topological polar surface area (TPSA) is 70.7 Å². The fourth-order valence-corrected chi connectivity index (χ4v) is 1.94. The van der Waals surface area contributed by atoms with Crippen LogP contribution in [0, 0.1) is 0 Å². The van der Waals surface area contributed by atoms with E-state index in [0.29, 0.717) is 26.2 Å². The van der Waals surface area contributed by atoms with E-state index < -0.39 is 0 Å². The third-order valence-electron chi connectivity index (χ3n) is 2.92. The van der Waals surface area contributed by atoms with Crippen LogP contribution in [0.5, 0.6) is 0 Å². The molecule has 2 amide bonds. The van der Waals surface area contributed by atoms with Gasteiger partial charge in [0.15, 0.2) is 0 Å². The molecule has 6 nitrogen and oxygen atoms in total. The standard InChI is InChI=1S/C12H23N3O3/c1-3-13-9-11(16)14-10-5-7-15(8-6-10)12(17)18-4-2/h10,13H,3-9H2,1-2H3,(H,14,16). The van der Waals surface area contributed by atoms with Crippen LogP contribution >= 0.6 is 0 Å². The lowest BCUT2D eigenvalue weighted by molar-refractivity contribution is -0.121. The number of amides is 2. The Labute approximate surface area is 108 Å². The van der Waals surface area contributed by atoms with Crippen LogP contribution in [0.1, 0.15) is 26.7 Å². The molecule has 1 aliphatic heterocycles. The van der Waals surface area contributed by atoms with Gasteiger partial charge in [0.1, 0.15) is 0 Å². The molecule has 0 aromatic rings. The van der Waals surface area contributed by atoms with E-state index in [0.717, 1.165) is 19.4 Å². The van der Waals surface area contributed by atoms with Gasteiger partial charge in [0, 0.05) is 19.1 Å². The molecular weight excluding hydrogens is 234 g/mol. The van der Waals surface area contributed by atoms with Crippen molar-refractivity contribution in [2.75, 3.05) is 32.8 Å². The lowest BCUT2D eigenvalue weighted by Gasteiger charge is -2.31. The minimum Gasteiger partial charge on any atom is -0.450 e. The van der Waals surface area contributed by atoms with Crippen molar-refractivity contribution in [1.82, 2.24) is 15.5 Å². The third kappa shape index (κ3) is 4.91. The van der Waals surface area contributed by atoms with Crippen LogP contribution in [0.3, 0.4) is 0 Å². The van der Waals surface area contributed by atoms with Crippen molar-refractivity contribution in [3.63, 3.8) is 0 Å². The van der Waals surface area contributed by atoms with Gasteiger partial charge in [0.25, 0.3) is 0 Å². The van der Waals surface area contributed by atoms with Gasteiger partial charge in [-0.3, -0.25) is 4.79 Å². The number of carbonyl (C=O) groups excluding carboxylic acids is 2. The predicted molar refractivity (Wildman–Crippen MR) is 68.3 cm³/mol. The van der Waals surface area contributed by atoms with Crippen LogP contribution in [0.15, 0.2) is 0 Å². The SMILES string of the molecule is CCNCC(=O)NC1CCN(C(=O)OCC)CC1. The van der Waals surface area contributed by atoms with Crippen LogP contribution < -0.4 is 10.6 Å². The minimum atomic E-state index is -0.255. The fraction of sp³-hybridized carbons (Fsp3) is 0.833. The second kappa shape index (κ2) is 7.92. The number of hydrogen-bond acceptors (Lipinski definition) is 4. The zero-order valence-corrected chi connectivity index (χ0v) is 11.2. The van der Waals surface area contributed by atoms with Crippen molar-refractivity contribution in [1.29, 1.82) is 0 Å². The van der Waals surface area contributed by atoms with Gasteiger partial charge in [-0.15, -0.1) is 0 Å². The summed E-state index contributed by atoms with van der Waals surface area (Å²) in [7, 11) is 0. The summed E-state index contributed by atoms with van der Waals surface area (Å²) in [5.41, 5.74) is 0. The molecule has 0 saturated carbocycles. The van der Waals surface area contributed by atoms with E-state index in [1.807, 2.05) is 6.92 Å². The molecule has 0 unspecified atom stereocenters. The Balaban J connectivity index is 2.22. The van der Waals surface area contributed by atoms with Crippen molar-refractivity contribution in [2.45, 2.75) is 32.7 Å². The smallest absolute Gasteiger partial charge is 0.409 e. The Morgan fingerprint density at radius 1 is 1.28 bits per heavy atom. The minimum absolute atomic E-state index is 0.0198. The first-order valence-electron chi connectivity index (χ1n) is 6.59. The summed E-state index contributed by atoms with van der Waals surface area (Å²) < 4.78 is 4.94. The molecule has 1 fully saturated rings. The van der Waals surface area contributed by atoms with Crippen LogP contribution in [0.25, 0.3) is 0 Å². The first kappa shape index (κ1) is 14.8. The number of carbonyl (C=O) groups is 2. The third-order valence-corrected chi connectivity index (χ3v) is 2.92. The number of rotatable bonds is 5. The quantitative estimate of drug-likeness (QED) is 0.745. The van der Waals surface area contributed by atoms with Gasteiger partial charge in [-0.2, -0.15) is 0 Å². The highest BCUT2D eigenvalue weighted by Crippen LogP contribution is 2.11. The van der Waals surface area contributed by atoms with Gasteiger partial charge in [-0.1, -0.05) is 6.92 Å². The maximum atomic E-state index is 11.5. The lowest BCUT2D eigenvalue weighted by atomic mass is 10.1. The number of nitrogens with one attached hydrogen (secondary N) is 2. The number of hydrogen-bond donors (Lipinski definition) is 2. The Hall–Kier alpha value is -1.30. The predicted octanol–water partition coefficient (Wildman–Crippen LogP) is 0.333. The van der Waals surface area contributed by atoms with E-state index in [9.17, 15) is 9.59 Å². The summed E-state index contributed by atoms with van der Waals surface area (Å²) in [5, 5.41) is 5.95. The van der Waals surface area contributed by atoms with Gasteiger partial charge in [0.05, 0.1) is 13.2 Å². The molecule has 1 aliphatic rings. The first-order chi connectivity index (χ1) is 8.67. The highest BCUT2D eigenvalue weighted by molar-refractivity contribution is 5.78.